The Kier molecular flexibility index (Phi) is 3.18. The quantitative estimate of drug-likeness (QED) is 0.881. The Morgan fingerprint density at radius 2 is 2.25 bits per heavy atom. The molecule has 1 aliphatic rings. The third-order valence-corrected chi connectivity index (χ3v) is 3.57. The van der Waals surface area contributed by atoms with Crippen LogP contribution in [-0.4, -0.2) is 17.6 Å². The van der Waals surface area contributed by atoms with Gasteiger partial charge >= 0.3 is 0 Å². The second-order valence-corrected chi connectivity index (χ2v) is 5.06. The normalized spacial score (nSPS) is 13.5. The first-order chi connectivity index (χ1) is 9.65. The van der Waals surface area contributed by atoms with Crippen molar-refractivity contribution in [1.82, 2.24) is 5.16 Å². The number of fused-ring (bicyclic) bond motifs is 1. The molecule has 2 N–H and O–H groups in total. The number of amides is 1. The molecule has 104 valence electrons. The maximum atomic E-state index is 12.3. The van der Waals surface area contributed by atoms with Crippen LogP contribution in [0.4, 0.5) is 11.4 Å². The molecule has 1 amide bonds. The number of anilines is 2. The summed E-state index contributed by atoms with van der Waals surface area (Å²) < 4.78 is 5.02. The van der Waals surface area contributed by atoms with Crippen molar-refractivity contribution in [2.24, 2.45) is 0 Å². The van der Waals surface area contributed by atoms with E-state index >= 15 is 0 Å². The van der Waals surface area contributed by atoms with E-state index in [4.69, 9.17) is 4.52 Å². The SMILES string of the molecule is Cc1noc(C)c1C(=O)Nc1ccc2c(c1)NCCC2. The molecular formula is C15H17N3O2. The number of benzene rings is 1. The van der Waals surface area contributed by atoms with Gasteiger partial charge in [0.15, 0.2) is 0 Å². The third kappa shape index (κ3) is 2.27. The largest absolute Gasteiger partial charge is 0.385 e. The van der Waals surface area contributed by atoms with Gasteiger partial charge in [-0.25, -0.2) is 0 Å². The minimum absolute atomic E-state index is 0.183. The molecule has 5 nitrogen and oxygen atoms in total. The van der Waals surface area contributed by atoms with Crippen LogP contribution in [0.3, 0.4) is 0 Å². The highest BCUT2D eigenvalue weighted by Gasteiger charge is 2.18. The molecule has 0 radical (unpaired) electrons. The summed E-state index contributed by atoms with van der Waals surface area (Å²) in [5, 5.41) is 10.0. The van der Waals surface area contributed by atoms with Crippen LogP contribution < -0.4 is 10.6 Å². The molecular weight excluding hydrogens is 254 g/mol. The lowest BCUT2D eigenvalue weighted by Gasteiger charge is -2.18. The lowest BCUT2D eigenvalue weighted by atomic mass is 10.0. The number of rotatable bonds is 2. The zero-order chi connectivity index (χ0) is 14.1. The molecule has 3 rings (SSSR count). The summed E-state index contributed by atoms with van der Waals surface area (Å²) in [6.07, 6.45) is 2.23. The molecule has 0 unspecified atom stereocenters. The predicted molar refractivity (Wildman–Crippen MR) is 77.2 cm³/mol. The maximum absolute atomic E-state index is 12.3. The summed E-state index contributed by atoms with van der Waals surface area (Å²) in [5.41, 5.74) is 4.30. The fraction of sp³-hybridized carbons (Fsp3) is 0.333. The molecule has 20 heavy (non-hydrogen) atoms. The number of hydrogen-bond acceptors (Lipinski definition) is 4. The average molecular weight is 271 g/mol. The summed E-state index contributed by atoms with van der Waals surface area (Å²) in [7, 11) is 0. The Bertz CT molecular complexity index is 642. The van der Waals surface area contributed by atoms with Gasteiger partial charge in [-0.05, 0) is 44.4 Å². The molecule has 1 aromatic carbocycles. The molecule has 0 bridgehead atoms. The molecule has 0 spiro atoms. The van der Waals surface area contributed by atoms with Crippen molar-refractivity contribution in [2.75, 3.05) is 17.2 Å². The van der Waals surface area contributed by atoms with Crippen LogP contribution in [0.15, 0.2) is 22.7 Å². The lowest BCUT2D eigenvalue weighted by molar-refractivity contribution is 0.102. The van der Waals surface area contributed by atoms with E-state index in [-0.39, 0.29) is 5.91 Å². The Morgan fingerprint density at radius 3 is 3.00 bits per heavy atom. The van der Waals surface area contributed by atoms with Crippen molar-refractivity contribution in [3.05, 3.63) is 40.8 Å². The van der Waals surface area contributed by atoms with E-state index < -0.39 is 0 Å². The average Bonchev–Trinajstić information content (AvgIpc) is 2.78. The fourth-order valence-electron chi connectivity index (χ4n) is 2.54. The predicted octanol–water partition coefficient (Wildman–Crippen LogP) is 2.90. The molecule has 2 aromatic rings. The van der Waals surface area contributed by atoms with Crippen LogP contribution >= 0.6 is 0 Å². The first-order valence-electron chi connectivity index (χ1n) is 6.76. The molecule has 0 aliphatic carbocycles. The monoisotopic (exact) mass is 271 g/mol. The summed E-state index contributed by atoms with van der Waals surface area (Å²) in [5.74, 6) is 0.355. The van der Waals surface area contributed by atoms with Crippen molar-refractivity contribution < 1.29 is 9.32 Å². The van der Waals surface area contributed by atoms with Crippen molar-refractivity contribution in [3.63, 3.8) is 0 Å². The van der Waals surface area contributed by atoms with E-state index in [1.54, 1.807) is 13.8 Å². The van der Waals surface area contributed by atoms with Gasteiger partial charge in [0.25, 0.3) is 5.91 Å². The van der Waals surface area contributed by atoms with Gasteiger partial charge in [-0.1, -0.05) is 11.2 Å². The van der Waals surface area contributed by atoms with Gasteiger partial charge in [0, 0.05) is 17.9 Å². The summed E-state index contributed by atoms with van der Waals surface area (Å²) in [6, 6.07) is 5.97. The minimum Gasteiger partial charge on any atom is -0.385 e. The third-order valence-electron chi connectivity index (χ3n) is 3.57. The van der Waals surface area contributed by atoms with E-state index in [9.17, 15) is 4.79 Å². The van der Waals surface area contributed by atoms with Crippen LogP contribution in [0.1, 0.15) is 33.8 Å². The van der Waals surface area contributed by atoms with Gasteiger partial charge in [0.1, 0.15) is 11.3 Å². The van der Waals surface area contributed by atoms with Crippen LogP contribution in [0.25, 0.3) is 0 Å². The second-order valence-electron chi connectivity index (χ2n) is 5.06. The summed E-state index contributed by atoms with van der Waals surface area (Å²) in [4.78, 5) is 12.3. The number of carbonyl (C=O) groups is 1. The Balaban J connectivity index is 1.83. The molecule has 5 heteroatoms. The standard InChI is InChI=1S/C15H17N3O2/c1-9-14(10(2)20-18-9)15(19)17-12-6-5-11-4-3-7-16-13(11)8-12/h5-6,8,16H,3-4,7H2,1-2H3,(H,17,19). The van der Waals surface area contributed by atoms with E-state index in [2.05, 4.69) is 21.9 Å². The Morgan fingerprint density at radius 1 is 1.40 bits per heavy atom. The molecule has 1 aliphatic heterocycles. The zero-order valence-electron chi connectivity index (χ0n) is 11.6. The molecule has 0 saturated heterocycles. The van der Waals surface area contributed by atoms with Gasteiger partial charge < -0.3 is 15.2 Å². The van der Waals surface area contributed by atoms with Crippen molar-refractivity contribution in [3.8, 4) is 0 Å². The molecule has 1 aromatic heterocycles. The number of nitrogens with one attached hydrogen (secondary N) is 2. The summed E-state index contributed by atoms with van der Waals surface area (Å²) in [6.45, 7) is 4.48. The molecule has 0 fully saturated rings. The lowest BCUT2D eigenvalue weighted by Crippen LogP contribution is -2.15. The Hall–Kier alpha value is -2.30. The number of aromatic nitrogens is 1. The first kappa shape index (κ1) is 12.7. The van der Waals surface area contributed by atoms with Crippen LogP contribution in [0, 0.1) is 13.8 Å². The smallest absolute Gasteiger partial charge is 0.261 e. The molecule has 2 heterocycles. The van der Waals surface area contributed by atoms with E-state index in [1.165, 1.54) is 5.56 Å². The van der Waals surface area contributed by atoms with Gasteiger partial charge in [0.2, 0.25) is 0 Å². The van der Waals surface area contributed by atoms with Gasteiger partial charge in [-0.15, -0.1) is 0 Å². The van der Waals surface area contributed by atoms with Crippen molar-refractivity contribution in [2.45, 2.75) is 26.7 Å². The van der Waals surface area contributed by atoms with E-state index in [0.29, 0.717) is 17.0 Å². The van der Waals surface area contributed by atoms with Crippen molar-refractivity contribution >= 4 is 17.3 Å². The fourth-order valence-corrected chi connectivity index (χ4v) is 2.54. The summed E-state index contributed by atoms with van der Waals surface area (Å²) >= 11 is 0. The topological polar surface area (TPSA) is 67.2 Å². The Labute approximate surface area is 117 Å². The van der Waals surface area contributed by atoms with E-state index in [1.807, 2.05) is 12.1 Å². The second kappa shape index (κ2) is 5.00. The first-order valence-corrected chi connectivity index (χ1v) is 6.76. The van der Waals surface area contributed by atoms with Gasteiger partial charge in [0.05, 0.1) is 5.69 Å². The number of nitrogens with zero attached hydrogens (tertiary/aromatic N) is 1. The maximum Gasteiger partial charge on any atom is 0.261 e. The highest BCUT2D eigenvalue weighted by atomic mass is 16.5. The zero-order valence-corrected chi connectivity index (χ0v) is 11.6. The van der Waals surface area contributed by atoms with Crippen molar-refractivity contribution in [1.29, 1.82) is 0 Å². The highest BCUT2D eigenvalue weighted by Crippen LogP contribution is 2.26. The van der Waals surface area contributed by atoms with E-state index in [0.717, 1.165) is 30.8 Å². The van der Waals surface area contributed by atoms with Gasteiger partial charge in [-0.2, -0.15) is 0 Å². The van der Waals surface area contributed by atoms with Crippen LogP contribution in [-0.2, 0) is 6.42 Å². The number of aryl methyl sites for hydroxylation is 3. The van der Waals surface area contributed by atoms with Crippen LogP contribution in [0.5, 0.6) is 0 Å². The molecule has 0 saturated carbocycles. The highest BCUT2D eigenvalue weighted by molar-refractivity contribution is 6.05. The number of hydrogen-bond donors (Lipinski definition) is 2. The van der Waals surface area contributed by atoms with Gasteiger partial charge in [-0.3, -0.25) is 4.79 Å². The number of carbonyl (C=O) groups excluding carboxylic acids is 1. The molecule has 0 atom stereocenters. The van der Waals surface area contributed by atoms with Crippen LogP contribution in [0.2, 0.25) is 0 Å². The minimum atomic E-state index is -0.183.